The number of aryl methyl sites for hydroxylation is 1. The molecule has 114 valence electrons. The summed E-state index contributed by atoms with van der Waals surface area (Å²) >= 11 is 1.72. The van der Waals surface area contributed by atoms with Crippen LogP contribution in [0, 0.1) is 6.92 Å². The summed E-state index contributed by atoms with van der Waals surface area (Å²) in [5, 5.41) is 3.69. The van der Waals surface area contributed by atoms with Gasteiger partial charge in [0.2, 0.25) is 0 Å². The fourth-order valence-electron chi connectivity index (χ4n) is 3.13. The molecule has 2 heterocycles. The van der Waals surface area contributed by atoms with Gasteiger partial charge in [-0.05, 0) is 47.4 Å². The van der Waals surface area contributed by atoms with Gasteiger partial charge in [0.1, 0.15) is 0 Å². The molecule has 0 N–H and O–H groups in total. The van der Waals surface area contributed by atoms with Crippen molar-refractivity contribution in [3.63, 3.8) is 0 Å². The highest BCUT2D eigenvalue weighted by molar-refractivity contribution is 7.19. The van der Waals surface area contributed by atoms with Crippen LogP contribution in [0.25, 0.3) is 32.2 Å². The van der Waals surface area contributed by atoms with Gasteiger partial charge in [-0.15, -0.1) is 11.3 Å². The highest BCUT2D eigenvalue weighted by atomic mass is 32.1. The first-order chi connectivity index (χ1) is 11.1. The van der Waals surface area contributed by atoms with Crippen molar-refractivity contribution in [3.8, 4) is 11.3 Å². The molecule has 0 bridgehead atoms. The molecule has 0 aliphatic carbocycles. The van der Waals surface area contributed by atoms with Crippen LogP contribution in [-0.2, 0) is 0 Å². The van der Waals surface area contributed by atoms with Crippen LogP contribution in [0.4, 0.5) is 0 Å². The molecule has 2 aromatic heterocycles. The lowest BCUT2D eigenvalue weighted by Crippen LogP contribution is -1.92. The number of fused-ring (bicyclic) bond motifs is 2. The van der Waals surface area contributed by atoms with Gasteiger partial charge in [-0.1, -0.05) is 38.1 Å². The zero-order chi connectivity index (χ0) is 16.0. The van der Waals surface area contributed by atoms with Gasteiger partial charge in [0.25, 0.3) is 0 Å². The summed E-state index contributed by atoms with van der Waals surface area (Å²) in [6.45, 7) is 6.54. The zero-order valence-corrected chi connectivity index (χ0v) is 14.3. The van der Waals surface area contributed by atoms with Gasteiger partial charge in [-0.2, -0.15) is 0 Å². The number of thiazole rings is 1. The number of hydrogen-bond acceptors (Lipinski definition) is 3. The summed E-state index contributed by atoms with van der Waals surface area (Å²) in [6.07, 6.45) is 1.86. The molecule has 0 atom stereocenters. The highest BCUT2D eigenvalue weighted by Crippen LogP contribution is 2.35. The fraction of sp³-hybridized carbons (Fsp3) is 0.200. The van der Waals surface area contributed by atoms with E-state index in [0.29, 0.717) is 5.92 Å². The van der Waals surface area contributed by atoms with Crippen LogP contribution in [0.5, 0.6) is 0 Å². The molecule has 0 spiro atoms. The van der Waals surface area contributed by atoms with E-state index >= 15 is 0 Å². The van der Waals surface area contributed by atoms with Gasteiger partial charge in [0, 0.05) is 11.8 Å². The quantitative estimate of drug-likeness (QED) is 0.457. The first-order valence-electron chi connectivity index (χ1n) is 7.88. The van der Waals surface area contributed by atoms with Crippen molar-refractivity contribution in [2.75, 3.05) is 0 Å². The van der Waals surface area contributed by atoms with Gasteiger partial charge in [-0.25, -0.2) is 4.98 Å². The lowest BCUT2D eigenvalue weighted by Gasteiger charge is -2.13. The van der Waals surface area contributed by atoms with Crippen LogP contribution in [0.2, 0.25) is 0 Å². The normalized spacial score (nSPS) is 11.7. The number of nitrogens with zero attached hydrogens (tertiary/aromatic N) is 2. The van der Waals surface area contributed by atoms with E-state index in [1.54, 1.807) is 11.3 Å². The van der Waals surface area contributed by atoms with Crippen LogP contribution < -0.4 is 0 Å². The van der Waals surface area contributed by atoms with E-state index in [1.807, 2.05) is 19.2 Å². The topological polar surface area (TPSA) is 25.8 Å². The molecule has 0 aliphatic rings. The minimum absolute atomic E-state index is 0.474. The molecule has 0 amide bonds. The van der Waals surface area contributed by atoms with Crippen LogP contribution in [0.15, 0.2) is 48.7 Å². The van der Waals surface area contributed by atoms with Crippen molar-refractivity contribution in [2.45, 2.75) is 26.7 Å². The Balaban J connectivity index is 2.05. The largest absolute Gasteiger partial charge is 0.255 e. The monoisotopic (exact) mass is 318 g/mol. The van der Waals surface area contributed by atoms with Gasteiger partial charge >= 0.3 is 0 Å². The lowest BCUT2D eigenvalue weighted by molar-refractivity contribution is 0.876. The van der Waals surface area contributed by atoms with Gasteiger partial charge in [0.15, 0.2) is 0 Å². The number of aromatic nitrogens is 2. The molecule has 0 saturated heterocycles. The molecule has 0 aliphatic heterocycles. The Morgan fingerprint density at radius 2 is 1.87 bits per heavy atom. The van der Waals surface area contributed by atoms with Crippen molar-refractivity contribution in [1.29, 1.82) is 0 Å². The third-order valence-electron chi connectivity index (χ3n) is 4.20. The van der Waals surface area contributed by atoms with Gasteiger partial charge in [-0.3, -0.25) is 4.98 Å². The second-order valence-electron chi connectivity index (χ2n) is 6.18. The molecule has 0 unspecified atom stereocenters. The SMILES string of the molecule is Cc1nc2ccnc(-c3cc(C(C)C)c4ccccc4c3)c2s1. The van der Waals surface area contributed by atoms with E-state index in [-0.39, 0.29) is 0 Å². The summed E-state index contributed by atoms with van der Waals surface area (Å²) in [5.74, 6) is 0.474. The predicted octanol–water partition coefficient (Wildman–Crippen LogP) is 5.94. The highest BCUT2D eigenvalue weighted by Gasteiger charge is 2.13. The summed E-state index contributed by atoms with van der Waals surface area (Å²) in [5.41, 5.74) is 4.64. The first kappa shape index (κ1) is 14.3. The number of benzene rings is 2. The van der Waals surface area contributed by atoms with E-state index in [0.717, 1.165) is 16.2 Å². The zero-order valence-electron chi connectivity index (χ0n) is 13.5. The Bertz CT molecular complexity index is 1010. The number of hydrogen-bond donors (Lipinski definition) is 0. The van der Waals surface area contributed by atoms with E-state index < -0.39 is 0 Å². The molecule has 0 radical (unpaired) electrons. The summed E-state index contributed by atoms with van der Waals surface area (Å²) in [4.78, 5) is 9.27. The minimum atomic E-state index is 0.474. The lowest BCUT2D eigenvalue weighted by atomic mass is 9.92. The van der Waals surface area contributed by atoms with Crippen LogP contribution in [0.3, 0.4) is 0 Å². The summed E-state index contributed by atoms with van der Waals surface area (Å²) in [7, 11) is 0. The summed E-state index contributed by atoms with van der Waals surface area (Å²) < 4.78 is 1.18. The third-order valence-corrected chi connectivity index (χ3v) is 5.19. The Morgan fingerprint density at radius 3 is 2.70 bits per heavy atom. The third kappa shape index (κ3) is 2.41. The Kier molecular flexibility index (Phi) is 3.38. The molecule has 4 rings (SSSR count). The average molecular weight is 318 g/mol. The minimum Gasteiger partial charge on any atom is -0.255 e. The smallest absolute Gasteiger partial charge is 0.0908 e. The standard InChI is InChI=1S/C20H18N2S/c1-12(2)17-11-15(10-14-6-4-5-7-16(14)17)19-20-18(8-9-21-19)22-13(3)23-20/h4-12H,1-3H3. The summed E-state index contributed by atoms with van der Waals surface area (Å²) in [6, 6.07) is 15.1. The van der Waals surface area contributed by atoms with Crippen molar-refractivity contribution in [1.82, 2.24) is 9.97 Å². The van der Waals surface area contributed by atoms with E-state index in [9.17, 15) is 0 Å². The maximum atomic E-state index is 4.67. The van der Waals surface area contributed by atoms with E-state index in [1.165, 1.54) is 26.6 Å². The van der Waals surface area contributed by atoms with E-state index in [4.69, 9.17) is 0 Å². The molecular weight excluding hydrogens is 300 g/mol. The molecule has 23 heavy (non-hydrogen) atoms. The van der Waals surface area contributed by atoms with Crippen molar-refractivity contribution in [2.24, 2.45) is 0 Å². The van der Waals surface area contributed by atoms with Crippen LogP contribution in [-0.4, -0.2) is 9.97 Å². The van der Waals surface area contributed by atoms with Crippen molar-refractivity contribution < 1.29 is 0 Å². The van der Waals surface area contributed by atoms with Gasteiger partial charge in [0.05, 0.1) is 20.9 Å². The van der Waals surface area contributed by atoms with Gasteiger partial charge < -0.3 is 0 Å². The van der Waals surface area contributed by atoms with E-state index in [2.05, 4.69) is 60.2 Å². The molecule has 2 nitrogen and oxygen atoms in total. The molecule has 0 saturated carbocycles. The molecule has 3 heteroatoms. The molecular formula is C20H18N2S. The Morgan fingerprint density at radius 1 is 1.04 bits per heavy atom. The van der Waals surface area contributed by atoms with Crippen LogP contribution >= 0.6 is 11.3 Å². The molecule has 0 fully saturated rings. The number of rotatable bonds is 2. The maximum absolute atomic E-state index is 4.67. The molecule has 2 aromatic carbocycles. The Labute approximate surface area is 139 Å². The second kappa shape index (κ2) is 5.43. The number of pyridine rings is 1. The maximum Gasteiger partial charge on any atom is 0.0908 e. The second-order valence-corrected chi connectivity index (χ2v) is 7.39. The van der Waals surface area contributed by atoms with Crippen molar-refractivity contribution >= 4 is 32.3 Å². The fourth-order valence-corrected chi connectivity index (χ4v) is 4.05. The molecule has 4 aromatic rings. The average Bonchev–Trinajstić information content (AvgIpc) is 2.93. The van der Waals surface area contributed by atoms with Crippen LogP contribution in [0.1, 0.15) is 30.3 Å². The van der Waals surface area contributed by atoms with Crippen molar-refractivity contribution in [3.05, 3.63) is 59.2 Å². The predicted molar refractivity (Wildman–Crippen MR) is 99.2 cm³/mol. The first-order valence-corrected chi connectivity index (χ1v) is 8.70. The Hall–Kier alpha value is -2.26.